The van der Waals surface area contributed by atoms with Gasteiger partial charge in [-0.2, -0.15) is 0 Å². The van der Waals surface area contributed by atoms with Crippen LogP contribution in [0.2, 0.25) is 0 Å². The second kappa shape index (κ2) is 6.84. The van der Waals surface area contributed by atoms with Gasteiger partial charge in [-0.05, 0) is 36.2 Å². The molecule has 0 saturated heterocycles. The topological polar surface area (TPSA) is 83.5 Å². The van der Waals surface area contributed by atoms with E-state index in [0.29, 0.717) is 5.56 Å². The van der Waals surface area contributed by atoms with Crippen molar-refractivity contribution < 1.29 is 27.1 Å². The predicted octanol–water partition coefficient (Wildman–Crippen LogP) is 2.18. The summed E-state index contributed by atoms with van der Waals surface area (Å²) in [5.74, 6) is -2.90. The molecular formula is C15H13F2NO4S. The fraction of sp³-hybridized carbons (Fsp3) is 0.133. The summed E-state index contributed by atoms with van der Waals surface area (Å²) >= 11 is 0. The molecule has 122 valence electrons. The van der Waals surface area contributed by atoms with Crippen LogP contribution in [0, 0.1) is 11.6 Å². The average Bonchev–Trinajstić information content (AvgIpc) is 2.49. The maximum atomic E-state index is 13.7. The molecule has 2 aromatic rings. The van der Waals surface area contributed by atoms with E-state index in [9.17, 15) is 22.0 Å². The van der Waals surface area contributed by atoms with Crippen LogP contribution < -0.4 is 4.72 Å². The number of hydrogen-bond donors (Lipinski definition) is 2. The molecular weight excluding hydrogens is 328 g/mol. The van der Waals surface area contributed by atoms with Gasteiger partial charge in [-0.1, -0.05) is 18.2 Å². The van der Waals surface area contributed by atoms with E-state index in [1.165, 1.54) is 18.2 Å². The zero-order valence-corrected chi connectivity index (χ0v) is 12.6. The lowest BCUT2D eigenvalue weighted by molar-refractivity contribution is 0.0696. The Morgan fingerprint density at radius 2 is 1.78 bits per heavy atom. The van der Waals surface area contributed by atoms with Crippen molar-refractivity contribution in [1.82, 2.24) is 4.72 Å². The summed E-state index contributed by atoms with van der Waals surface area (Å²) in [5, 5.41) is 8.84. The van der Waals surface area contributed by atoms with Gasteiger partial charge in [-0.25, -0.2) is 26.7 Å². The Morgan fingerprint density at radius 1 is 1.09 bits per heavy atom. The van der Waals surface area contributed by atoms with E-state index in [0.717, 1.165) is 18.2 Å². The maximum Gasteiger partial charge on any atom is 0.335 e. The van der Waals surface area contributed by atoms with Crippen molar-refractivity contribution in [2.45, 2.75) is 11.3 Å². The van der Waals surface area contributed by atoms with Crippen LogP contribution in [0.15, 0.2) is 47.4 Å². The highest BCUT2D eigenvalue weighted by molar-refractivity contribution is 7.89. The summed E-state index contributed by atoms with van der Waals surface area (Å²) in [6.45, 7) is -0.153. The number of sulfonamides is 1. The van der Waals surface area contributed by atoms with Gasteiger partial charge in [0.15, 0.2) is 0 Å². The highest BCUT2D eigenvalue weighted by atomic mass is 32.2. The SMILES string of the molecule is O=C(O)c1ccc(F)c(S(=O)(=O)NCCc2ccccc2F)c1. The van der Waals surface area contributed by atoms with Gasteiger partial charge in [-0.3, -0.25) is 0 Å². The number of rotatable bonds is 6. The second-order valence-electron chi connectivity index (χ2n) is 4.69. The predicted molar refractivity (Wildman–Crippen MR) is 78.7 cm³/mol. The first-order valence-electron chi connectivity index (χ1n) is 6.57. The first kappa shape index (κ1) is 17.0. The normalized spacial score (nSPS) is 11.4. The van der Waals surface area contributed by atoms with Gasteiger partial charge < -0.3 is 5.11 Å². The summed E-state index contributed by atoms with van der Waals surface area (Å²) in [6, 6.07) is 8.36. The van der Waals surface area contributed by atoms with Gasteiger partial charge in [0, 0.05) is 6.54 Å². The molecule has 0 unspecified atom stereocenters. The van der Waals surface area contributed by atoms with Crippen LogP contribution in [0.25, 0.3) is 0 Å². The fourth-order valence-electron chi connectivity index (χ4n) is 1.94. The van der Waals surface area contributed by atoms with Gasteiger partial charge in [0.25, 0.3) is 0 Å². The minimum atomic E-state index is -4.24. The lowest BCUT2D eigenvalue weighted by Gasteiger charge is -2.09. The van der Waals surface area contributed by atoms with Crippen LogP contribution in [-0.4, -0.2) is 26.0 Å². The van der Waals surface area contributed by atoms with Gasteiger partial charge in [0.2, 0.25) is 10.0 Å². The van der Waals surface area contributed by atoms with Crippen molar-refractivity contribution in [3.63, 3.8) is 0 Å². The molecule has 0 heterocycles. The standard InChI is InChI=1S/C15H13F2NO4S/c16-12-4-2-1-3-10(12)7-8-18-23(21,22)14-9-11(15(19)20)5-6-13(14)17/h1-6,9,18H,7-8H2,(H,19,20). The van der Waals surface area contributed by atoms with Crippen LogP contribution in [0.5, 0.6) is 0 Å². The third-order valence-corrected chi connectivity index (χ3v) is 4.59. The molecule has 2 N–H and O–H groups in total. The van der Waals surface area contributed by atoms with E-state index in [2.05, 4.69) is 4.72 Å². The van der Waals surface area contributed by atoms with E-state index >= 15 is 0 Å². The molecule has 0 amide bonds. The van der Waals surface area contributed by atoms with Gasteiger partial charge >= 0.3 is 5.97 Å². The molecule has 23 heavy (non-hydrogen) atoms. The van der Waals surface area contributed by atoms with E-state index in [-0.39, 0.29) is 18.5 Å². The monoisotopic (exact) mass is 341 g/mol. The van der Waals surface area contributed by atoms with Crippen molar-refractivity contribution in [3.05, 3.63) is 65.2 Å². The highest BCUT2D eigenvalue weighted by Crippen LogP contribution is 2.16. The molecule has 2 rings (SSSR count). The summed E-state index contributed by atoms with van der Waals surface area (Å²) in [4.78, 5) is 10.1. The van der Waals surface area contributed by atoms with Crippen LogP contribution >= 0.6 is 0 Å². The number of carboxylic acid groups (broad SMARTS) is 1. The number of halogens is 2. The highest BCUT2D eigenvalue weighted by Gasteiger charge is 2.20. The van der Waals surface area contributed by atoms with Crippen molar-refractivity contribution >= 4 is 16.0 Å². The van der Waals surface area contributed by atoms with Crippen LogP contribution in [0.3, 0.4) is 0 Å². The lowest BCUT2D eigenvalue weighted by Crippen LogP contribution is -2.27. The Kier molecular flexibility index (Phi) is 5.07. The quantitative estimate of drug-likeness (QED) is 0.844. The Balaban J connectivity index is 2.15. The third-order valence-electron chi connectivity index (χ3n) is 3.11. The maximum absolute atomic E-state index is 13.7. The Morgan fingerprint density at radius 3 is 2.43 bits per heavy atom. The van der Waals surface area contributed by atoms with Crippen LogP contribution in [0.1, 0.15) is 15.9 Å². The summed E-state index contributed by atoms with van der Waals surface area (Å²) in [5.41, 5.74) is -0.0316. The van der Waals surface area contributed by atoms with Crippen molar-refractivity contribution in [2.75, 3.05) is 6.54 Å². The Bertz CT molecular complexity index is 837. The fourth-order valence-corrected chi connectivity index (χ4v) is 3.07. The smallest absolute Gasteiger partial charge is 0.335 e. The summed E-state index contributed by atoms with van der Waals surface area (Å²) < 4.78 is 53.4. The minimum absolute atomic E-state index is 0.0755. The third kappa shape index (κ3) is 4.11. The molecule has 0 aliphatic carbocycles. The van der Waals surface area contributed by atoms with Crippen LogP contribution in [0.4, 0.5) is 8.78 Å². The molecule has 0 bridgehead atoms. The molecule has 0 radical (unpaired) electrons. The second-order valence-corrected chi connectivity index (χ2v) is 6.42. The number of carboxylic acids is 1. The van der Waals surface area contributed by atoms with E-state index in [4.69, 9.17) is 5.11 Å². The zero-order chi connectivity index (χ0) is 17.0. The van der Waals surface area contributed by atoms with E-state index in [1.807, 2.05) is 0 Å². The molecule has 0 aliphatic heterocycles. The number of benzene rings is 2. The molecule has 5 nitrogen and oxygen atoms in total. The van der Waals surface area contributed by atoms with Gasteiger partial charge in [-0.15, -0.1) is 0 Å². The molecule has 0 aliphatic rings. The van der Waals surface area contributed by atoms with Crippen molar-refractivity contribution in [1.29, 1.82) is 0 Å². The van der Waals surface area contributed by atoms with Gasteiger partial charge in [0.05, 0.1) is 5.56 Å². The molecule has 8 heteroatoms. The first-order valence-corrected chi connectivity index (χ1v) is 8.05. The molecule has 0 saturated carbocycles. The van der Waals surface area contributed by atoms with E-state index in [1.54, 1.807) is 6.07 Å². The lowest BCUT2D eigenvalue weighted by atomic mass is 10.1. The first-order chi connectivity index (χ1) is 10.8. The molecule has 0 spiro atoms. The molecule has 0 atom stereocenters. The van der Waals surface area contributed by atoms with E-state index < -0.39 is 32.5 Å². The summed E-state index contributed by atoms with van der Waals surface area (Å²) in [7, 11) is -4.24. The zero-order valence-electron chi connectivity index (χ0n) is 11.8. The largest absolute Gasteiger partial charge is 0.478 e. The summed E-state index contributed by atoms with van der Waals surface area (Å²) in [6.07, 6.45) is 0.0755. The van der Waals surface area contributed by atoms with Gasteiger partial charge in [0.1, 0.15) is 16.5 Å². The van der Waals surface area contributed by atoms with Crippen molar-refractivity contribution in [2.24, 2.45) is 0 Å². The number of aromatic carboxylic acids is 1. The molecule has 0 fully saturated rings. The molecule has 0 aromatic heterocycles. The van der Waals surface area contributed by atoms with Crippen LogP contribution in [-0.2, 0) is 16.4 Å². The average molecular weight is 341 g/mol. The molecule has 2 aromatic carbocycles. The number of nitrogens with one attached hydrogen (secondary N) is 1. The van der Waals surface area contributed by atoms with Crippen molar-refractivity contribution in [3.8, 4) is 0 Å². The number of hydrogen-bond acceptors (Lipinski definition) is 3. The Hall–Kier alpha value is -2.32. The Labute approximate surface area is 131 Å². The number of carbonyl (C=O) groups is 1. The minimum Gasteiger partial charge on any atom is -0.478 e.